The zero-order chi connectivity index (χ0) is 29.1. The smallest absolute Gasteiger partial charge is 0.265 e. The molecule has 4 aromatic heterocycles. The van der Waals surface area contributed by atoms with Crippen molar-refractivity contribution in [3.8, 4) is 28.1 Å². The van der Waals surface area contributed by atoms with Crippen LogP contribution in [0.25, 0.3) is 38.2 Å². The fraction of sp³-hybridized carbons (Fsp3) is 0.226. The number of nitrogens with two attached hydrogens (primary N) is 1. The van der Waals surface area contributed by atoms with Crippen molar-refractivity contribution in [2.24, 2.45) is 5.92 Å². The maximum absolute atomic E-state index is 15.1. The summed E-state index contributed by atoms with van der Waals surface area (Å²) < 4.78 is 24.1. The quantitative estimate of drug-likeness (QED) is 0.212. The number of pyridine rings is 1. The Kier molecular flexibility index (Phi) is 6.47. The minimum Gasteiger partial charge on any atom is -0.488 e. The summed E-state index contributed by atoms with van der Waals surface area (Å²) in [4.78, 5) is 23.6. The van der Waals surface area contributed by atoms with E-state index in [2.05, 4.69) is 9.97 Å². The Morgan fingerprint density at radius 2 is 1.88 bits per heavy atom. The first-order valence-corrected chi connectivity index (χ1v) is 14.9. The molecule has 0 spiro atoms. The van der Waals surface area contributed by atoms with E-state index in [4.69, 9.17) is 27.2 Å². The zero-order valence-corrected chi connectivity index (χ0v) is 24.4. The highest BCUT2D eigenvalue weighted by atomic mass is 35.5. The Labute approximate surface area is 249 Å². The Hall–Kier alpha value is -4.28. The second-order valence-electron chi connectivity index (χ2n) is 10.7. The number of thiazole rings is 1. The number of fused-ring (bicyclic) bond motifs is 2. The van der Waals surface area contributed by atoms with E-state index < -0.39 is 5.82 Å². The Balaban J connectivity index is 1.49. The summed E-state index contributed by atoms with van der Waals surface area (Å²) in [6.07, 6.45) is 3.14. The molecule has 1 fully saturated rings. The molecule has 212 valence electrons. The molecule has 7 rings (SSSR count). The summed E-state index contributed by atoms with van der Waals surface area (Å²) in [5.41, 5.74) is 9.87. The van der Waals surface area contributed by atoms with Gasteiger partial charge in [-0.1, -0.05) is 41.9 Å². The van der Waals surface area contributed by atoms with Gasteiger partial charge in [-0.25, -0.2) is 19.0 Å². The van der Waals surface area contributed by atoms with Crippen molar-refractivity contribution in [3.63, 3.8) is 0 Å². The third-order valence-electron chi connectivity index (χ3n) is 7.49. The van der Waals surface area contributed by atoms with Crippen molar-refractivity contribution in [1.82, 2.24) is 24.1 Å². The molecule has 0 bridgehead atoms. The van der Waals surface area contributed by atoms with Crippen molar-refractivity contribution in [2.75, 3.05) is 5.73 Å². The number of halogens is 2. The van der Waals surface area contributed by atoms with Crippen LogP contribution in [0.4, 0.5) is 10.2 Å². The molecule has 0 aliphatic heterocycles. The third-order valence-corrected chi connectivity index (χ3v) is 8.79. The Morgan fingerprint density at radius 3 is 2.60 bits per heavy atom. The summed E-state index contributed by atoms with van der Waals surface area (Å²) in [5, 5.41) is 7.69. The molecule has 42 heavy (non-hydrogen) atoms. The topological polar surface area (TPSA) is 100 Å². The van der Waals surface area contributed by atoms with Crippen molar-refractivity contribution in [1.29, 1.82) is 0 Å². The third kappa shape index (κ3) is 4.42. The fourth-order valence-electron chi connectivity index (χ4n) is 5.57. The number of aromatic nitrogens is 5. The summed E-state index contributed by atoms with van der Waals surface area (Å²) in [6, 6.07) is 16.0. The molecule has 2 N–H and O–H groups in total. The molecule has 4 heterocycles. The van der Waals surface area contributed by atoms with Crippen LogP contribution >= 0.6 is 22.9 Å². The number of anilines is 1. The number of nitrogens with zero attached hydrogens (tertiary/aromatic N) is 5. The maximum Gasteiger partial charge on any atom is 0.265 e. The lowest BCUT2D eigenvalue weighted by molar-refractivity contribution is 0.231. The van der Waals surface area contributed by atoms with E-state index in [1.807, 2.05) is 54.9 Å². The van der Waals surface area contributed by atoms with E-state index in [1.165, 1.54) is 23.7 Å². The number of hydrogen-bond acceptors (Lipinski definition) is 7. The van der Waals surface area contributed by atoms with Crippen LogP contribution in [-0.2, 0) is 0 Å². The van der Waals surface area contributed by atoms with Gasteiger partial charge in [-0.2, -0.15) is 5.10 Å². The van der Waals surface area contributed by atoms with Crippen molar-refractivity contribution in [2.45, 2.75) is 38.8 Å². The molecule has 1 atom stereocenters. The van der Waals surface area contributed by atoms with Gasteiger partial charge in [0.2, 0.25) is 0 Å². The van der Waals surface area contributed by atoms with Gasteiger partial charge >= 0.3 is 0 Å². The van der Waals surface area contributed by atoms with Crippen LogP contribution in [0, 0.1) is 11.7 Å². The van der Waals surface area contributed by atoms with Crippen LogP contribution in [0.15, 0.2) is 71.1 Å². The van der Waals surface area contributed by atoms with E-state index in [9.17, 15) is 4.79 Å². The van der Waals surface area contributed by atoms with E-state index in [0.29, 0.717) is 33.0 Å². The van der Waals surface area contributed by atoms with Crippen LogP contribution in [0.1, 0.15) is 38.3 Å². The molecule has 0 saturated heterocycles. The lowest BCUT2D eigenvalue weighted by Gasteiger charge is -2.22. The standard InChI is InChI=1S/C31H26ClFN6O2S/c1-16(2)41-22-11-10-19(12-21(22)33)27-26-29(34)35-15-36-30(26)39(37-27)28(18-8-9-18)20-13-24-38(23(32)14-42-24)31(40)25(20)17-6-4-3-5-7-17/h3-7,10-16,18,28H,8-9H2,1-2H3,(H2,34,35,36)/t28-/m0/s1. The average molecular weight is 601 g/mol. The highest BCUT2D eigenvalue weighted by Crippen LogP contribution is 2.48. The predicted octanol–water partition coefficient (Wildman–Crippen LogP) is 7.00. The van der Waals surface area contributed by atoms with E-state index in [-0.39, 0.29) is 35.2 Å². The maximum atomic E-state index is 15.1. The van der Waals surface area contributed by atoms with Gasteiger partial charge in [0.05, 0.1) is 23.1 Å². The summed E-state index contributed by atoms with van der Waals surface area (Å²) in [7, 11) is 0. The van der Waals surface area contributed by atoms with Crippen molar-refractivity contribution >= 4 is 44.6 Å². The highest BCUT2D eigenvalue weighted by Gasteiger charge is 2.39. The zero-order valence-electron chi connectivity index (χ0n) is 22.8. The number of hydrogen-bond donors (Lipinski definition) is 1. The van der Waals surface area contributed by atoms with Crippen LogP contribution in [-0.4, -0.2) is 30.3 Å². The molecule has 2 aromatic carbocycles. The second-order valence-corrected chi connectivity index (χ2v) is 12.0. The summed E-state index contributed by atoms with van der Waals surface area (Å²) >= 11 is 7.87. The number of benzene rings is 2. The first kappa shape index (κ1) is 26.6. The number of nitrogen functional groups attached to an aromatic ring is 1. The monoisotopic (exact) mass is 600 g/mol. The molecule has 0 radical (unpaired) electrons. The van der Waals surface area contributed by atoms with Gasteiger partial charge in [-0.3, -0.25) is 9.20 Å². The normalized spacial score (nSPS) is 14.2. The molecular weight excluding hydrogens is 575 g/mol. The predicted molar refractivity (Wildman–Crippen MR) is 164 cm³/mol. The van der Waals surface area contributed by atoms with Gasteiger partial charge in [0.1, 0.15) is 27.8 Å². The fourth-order valence-corrected chi connectivity index (χ4v) is 6.73. The highest BCUT2D eigenvalue weighted by molar-refractivity contribution is 7.16. The van der Waals surface area contributed by atoms with Crippen molar-refractivity contribution < 1.29 is 9.13 Å². The molecule has 0 amide bonds. The van der Waals surface area contributed by atoms with Gasteiger partial charge in [-0.05, 0) is 68.0 Å². The SMILES string of the molecule is CC(C)Oc1ccc(-c2nn([C@H](c3cc4scc(Cl)n4c(=O)c3-c3ccccc3)C3CC3)c3ncnc(N)c23)cc1F. The molecule has 6 aromatic rings. The largest absolute Gasteiger partial charge is 0.488 e. The Bertz CT molecular complexity index is 2030. The molecule has 1 aliphatic rings. The van der Waals surface area contributed by atoms with E-state index in [1.54, 1.807) is 21.9 Å². The average Bonchev–Trinajstić information content (AvgIpc) is 3.62. The van der Waals surface area contributed by atoms with Gasteiger partial charge in [0.25, 0.3) is 5.56 Å². The van der Waals surface area contributed by atoms with Crippen molar-refractivity contribution in [3.05, 3.63) is 93.2 Å². The molecule has 0 unspecified atom stereocenters. The molecule has 1 saturated carbocycles. The summed E-state index contributed by atoms with van der Waals surface area (Å²) in [6.45, 7) is 3.69. The van der Waals surface area contributed by atoms with E-state index in [0.717, 1.165) is 28.8 Å². The summed E-state index contributed by atoms with van der Waals surface area (Å²) in [5.74, 6) is 0.101. The van der Waals surface area contributed by atoms with Gasteiger partial charge in [0.15, 0.2) is 17.2 Å². The van der Waals surface area contributed by atoms with Crippen LogP contribution in [0.2, 0.25) is 5.15 Å². The lowest BCUT2D eigenvalue weighted by Crippen LogP contribution is -2.23. The first-order chi connectivity index (χ1) is 20.3. The van der Waals surface area contributed by atoms with Gasteiger partial charge in [-0.15, -0.1) is 11.3 Å². The van der Waals surface area contributed by atoms with Crippen LogP contribution in [0.3, 0.4) is 0 Å². The number of rotatable bonds is 7. The molecular formula is C31H26ClFN6O2S. The van der Waals surface area contributed by atoms with E-state index >= 15 is 4.39 Å². The molecule has 1 aliphatic carbocycles. The number of ether oxygens (including phenoxy) is 1. The minimum atomic E-state index is -0.502. The van der Waals surface area contributed by atoms with Crippen LogP contribution < -0.4 is 16.0 Å². The molecule has 8 nitrogen and oxygen atoms in total. The van der Waals surface area contributed by atoms with Gasteiger partial charge in [0, 0.05) is 10.9 Å². The lowest BCUT2D eigenvalue weighted by atomic mass is 9.94. The molecule has 11 heteroatoms. The van der Waals surface area contributed by atoms with Gasteiger partial charge < -0.3 is 10.5 Å². The Morgan fingerprint density at radius 1 is 1.10 bits per heavy atom. The second kappa shape index (κ2) is 10.2. The first-order valence-electron chi connectivity index (χ1n) is 13.6. The minimum absolute atomic E-state index is 0.161. The van der Waals surface area contributed by atoms with Crippen LogP contribution in [0.5, 0.6) is 5.75 Å².